The quantitative estimate of drug-likeness (QED) is 0.723. The van der Waals surface area contributed by atoms with Crippen molar-refractivity contribution in [1.82, 2.24) is 4.57 Å². The largest absolute Gasteiger partial charge is 0.351 e. The number of carbonyl (C=O) groups is 1. The Kier molecular flexibility index (Phi) is 2.26. The molecule has 3 nitrogen and oxygen atoms in total. The summed E-state index contributed by atoms with van der Waals surface area (Å²) in [6.45, 7) is 8.11. The molecule has 0 aliphatic carbocycles. The van der Waals surface area contributed by atoms with E-state index in [1.807, 2.05) is 26.0 Å². The molecule has 0 atom stereocenters. The molecule has 0 saturated carbocycles. The third kappa shape index (κ3) is 1.24. The van der Waals surface area contributed by atoms with Gasteiger partial charge >= 0.3 is 6.03 Å². The molecule has 1 amide bonds. The molecule has 0 saturated heterocycles. The highest BCUT2D eigenvalue weighted by Crippen LogP contribution is 2.29. The SMILES string of the molecule is Cc1ccc2c(c1C)c(C)c(C)n2C(N)=O. The van der Waals surface area contributed by atoms with E-state index >= 15 is 0 Å². The summed E-state index contributed by atoms with van der Waals surface area (Å²) in [5, 5.41) is 1.15. The number of carbonyl (C=O) groups excluding carboxylic acids is 1. The predicted molar refractivity (Wildman–Crippen MR) is 65.9 cm³/mol. The fraction of sp³-hybridized carbons (Fsp3) is 0.308. The van der Waals surface area contributed by atoms with Gasteiger partial charge in [0.15, 0.2) is 0 Å². The van der Waals surface area contributed by atoms with E-state index in [1.54, 1.807) is 4.57 Å². The molecule has 2 aromatic rings. The summed E-state index contributed by atoms with van der Waals surface area (Å²) < 4.78 is 1.58. The number of rotatable bonds is 0. The molecule has 2 rings (SSSR count). The maximum absolute atomic E-state index is 11.4. The molecule has 1 aromatic heterocycles. The first-order chi connectivity index (χ1) is 7.45. The van der Waals surface area contributed by atoms with E-state index in [4.69, 9.17) is 5.73 Å². The monoisotopic (exact) mass is 216 g/mol. The summed E-state index contributed by atoms with van der Waals surface area (Å²) in [7, 11) is 0. The van der Waals surface area contributed by atoms with Crippen LogP contribution in [0.1, 0.15) is 22.4 Å². The zero-order valence-corrected chi connectivity index (χ0v) is 10.1. The summed E-state index contributed by atoms with van der Waals surface area (Å²) >= 11 is 0. The van der Waals surface area contributed by atoms with E-state index in [1.165, 1.54) is 11.1 Å². The number of aryl methyl sites for hydroxylation is 3. The van der Waals surface area contributed by atoms with Crippen molar-refractivity contribution in [2.24, 2.45) is 5.73 Å². The zero-order chi connectivity index (χ0) is 12.0. The van der Waals surface area contributed by atoms with E-state index in [2.05, 4.69) is 13.8 Å². The highest BCUT2D eigenvalue weighted by atomic mass is 16.2. The van der Waals surface area contributed by atoms with Gasteiger partial charge in [-0.3, -0.25) is 4.57 Å². The van der Waals surface area contributed by atoms with Crippen LogP contribution in [0.25, 0.3) is 10.9 Å². The molecule has 0 aliphatic rings. The van der Waals surface area contributed by atoms with Gasteiger partial charge in [0, 0.05) is 11.1 Å². The van der Waals surface area contributed by atoms with E-state index in [0.717, 1.165) is 22.2 Å². The number of nitrogens with zero attached hydrogens (tertiary/aromatic N) is 1. The van der Waals surface area contributed by atoms with Crippen LogP contribution in [-0.4, -0.2) is 10.6 Å². The molecule has 0 radical (unpaired) electrons. The number of hydrogen-bond acceptors (Lipinski definition) is 1. The molecule has 0 spiro atoms. The number of primary amides is 1. The first-order valence-corrected chi connectivity index (χ1v) is 5.32. The van der Waals surface area contributed by atoms with Gasteiger partial charge in [0.2, 0.25) is 0 Å². The average Bonchev–Trinajstić information content (AvgIpc) is 2.46. The lowest BCUT2D eigenvalue weighted by Gasteiger charge is -2.04. The van der Waals surface area contributed by atoms with Crippen molar-refractivity contribution in [2.75, 3.05) is 0 Å². The molecule has 0 bridgehead atoms. The van der Waals surface area contributed by atoms with Crippen molar-refractivity contribution in [1.29, 1.82) is 0 Å². The molecule has 1 heterocycles. The molecular formula is C13H16N2O. The number of hydrogen-bond donors (Lipinski definition) is 1. The van der Waals surface area contributed by atoms with Crippen LogP contribution in [0.15, 0.2) is 12.1 Å². The van der Waals surface area contributed by atoms with Crippen LogP contribution in [-0.2, 0) is 0 Å². The van der Waals surface area contributed by atoms with Gasteiger partial charge < -0.3 is 5.73 Å². The van der Waals surface area contributed by atoms with E-state index in [0.29, 0.717) is 0 Å². The predicted octanol–water partition coefficient (Wildman–Crippen LogP) is 2.80. The highest BCUT2D eigenvalue weighted by Gasteiger charge is 2.16. The Hall–Kier alpha value is -1.77. The zero-order valence-electron chi connectivity index (χ0n) is 10.1. The van der Waals surface area contributed by atoms with Gasteiger partial charge in [0.25, 0.3) is 0 Å². The Morgan fingerprint density at radius 3 is 2.31 bits per heavy atom. The lowest BCUT2D eigenvalue weighted by Crippen LogP contribution is -2.20. The molecule has 3 heteroatoms. The van der Waals surface area contributed by atoms with Crippen LogP contribution >= 0.6 is 0 Å². The summed E-state index contributed by atoms with van der Waals surface area (Å²) in [6, 6.07) is 3.57. The number of fused-ring (bicyclic) bond motifs is 1. The fourth-order valence-corrected chi connectivity index (χ4v) is 2.27. The number of nitrogens with two attached hydrogens (primary N) is 1. The van der Waals surface area contributed by atoms with Gasteiger partial charge in [-0.15, -0.1) is 0 Å². The van der Waals surface area contributed by atoms with Gasteiger partial charge in [-0.2, -0.15) is 0 Å². The van der Waals surface area contributed by atoms with Crippen molar-refractivity contribution in [2.45, 2.75) is 27.7 Å². The van der Waals surface area contributed by atoms with Gasteiger partial charge in [-0.25, -0.2) is 4.79 Å². The molecular weight excluding hydrogens is 200 g/mol. The average molecular weight is 216 g/mol. The molecule has 0 aliphatic heterocycles. The van der Waals surface area contributed by atoms with E-state index in [9.17, 15) is 4.79 Å². The topological polar surface area (TPSA) is 48.0 Å². The van der Waals surface area contributed by atoms with Gasteiger partial charge in [-0.1, -0.05) is 6.07 Å². The smallest absolute Gasteiger partial charge is 0.323 e. The lowest BCUT2D eigenvalue weighted by atomic mass is 10.0. The minimum atomic E-state index is -0.418. The van der Waals surface area contributed by atoms with E-state index in [-0.39, 0.29) is 0 Å². The second-order valence-corrected chi connectivity index (χ2v) is 4.29. The molecule has 16 heavy (non-hydrogen) atoms. The summed E-state index contributed by atoms with van der Waals surface area (Å²) in [4.78, 5) is 11.4. The van der Waals surface area contributed by atoms with Crippen molar-refractivity contribution in [3.8, 4) is 0 Å². The van der Waals surface area contributed by atoms with Crippen molar-refractivity contribution in [3.05, 3.63) is 34.5 Å². The standard InChI is InChI=1S/C13H16N2O/c1-7-5-6-11-12(8(7)2)9(3)10(4)15(11)13(14)16/h5-6H,1-4H3,(H2,14,16). The Bertz CT molecular complexity index is 594. The van der Waals surface area contributed by atoms with E-state index < -0.39 is 6.03 Å². The second-order valence-electron chi connectivity index (χ2n) is 4.29. The first-order valence-electron chi connectivity index (χ1n) is 5.32. The summed E-state index contributed by atoms with van der Waals surface area (Å²) in [5.41, 5.74) is 10.8. The van der Waals surface area contributed by atoms with Gasteiger partial charge in [0.05, 0.1) is 5.52 Å². The fourth-order valence-electron chi connectivity index (χ4n) is 2.27. The van der Waals surface area contributed by atoms with Crippen molar-refractivity contribution >= 4 is 16.9 Å². The molecule has 0 unspecified atom stereocenters. The molecule has 1 aromatic carbocycles. The first kappa shape index (κ1) is 10.7. The number of amides is 1. The minimum Gasteiger partial charge on any atom is -0.351 e. The Balaban J connectivity index is 3.01. The molecule has 0 fully saturated rings. The summed E-state index contributed by atoms with van der Waals surface area (Å²) in [6.07, 6.45) is 0. The van der Waals surface area contributed by atoms with Crippen molar-refractivity contribution in [3.63, 3.8) is 0 Å². The highest BCUT2D eigenvalue weighted by molar-refractivity contribution is 5.96. The maximum Gasteiger partial charge on any atom is 0.323 e. The van der Waals surface area contributed by atoms with Crippen LogP contribution in [0.3, 0.4) is 0 Å². The third-order valence-corrected chi connectivity index (χ3v) is 3.43. The Morgan fingerprint density at radius 1 is 1.12 bits per heavy atom. The Morgan fingerprint density at radius 2 is 1.75 bits per heavy atom. The summed E-state index contributed by atoms with van der Waals surface area (Å²) in [5.74, 6) is 0. The Labute approximate surface area is 94.9 Å². The lowest BCUT2D eigenvalue weighted by molar-refractivity contribution is 0.251. The van der Waals surface area contributed by atoms with Gasteiger partial charge in [0.1, 0.15) is 0 Å². The number of aromatic nitrogens is 1. The molecule has 84 valence electrons. The van der Waals surface area contributed by atoms with Crippen LogP contribution in [0.5, 0.6) is 0 Å². The second kappa shape index (κ2) is 3.37. The number of benzene rings is 1. The van der Waals surface area contributed by atoms with Crippen LogP contribution in [0.2, 0.25) is 0 Å². The van der Waals surface area contributed by atoms with Crippen LogP contribution in [0.4, 0.5) is 4.79 Å². The minimum absolute atomic E-state index is 0.418. The van der Waals surface area contributed by atoms with Gasteiger partial charge in [-0.05, 0) is 50.5 Å². The third-order valence-electron chi connectivity index (χ3n) is 3.43. The van der Waals surface area contributed by atoms with Crippen molar-refractivity contribution < 1.29 is 4.79 Å². The van der Waals surface area contributed by atoms with Crippen LogP contribution < -0.4 is 5.73 Å². The maximum atomic E-state index is 11.4. The molecule has 2 N–H and O–H groups in total. The van der Waals surface area contributed by atoms with Crippen LogP contribution in [0, 0.1) is 27.7 Å². The normalized spacial score (nSPS) is 11.0.